The molecular weight excluding hydrogens is 418 g/mol. The van der Waals surface area contributed by atoms with Gasteiger partial charge in [-0.05, 0) is 60.3 Å². The van der Waals surface area contributed by atoms with E-state index in [1.54, 1.807) is 6.07 Å². The van der Waals surface area contributed by atoms with Crippen molar-refractivity contribution in [3.63, 3.8) is 0 Å². The summed E-state index contributed by atoms with van der Waals surface area (Å²) in [5.74, 6) is 2.84. The fourth-order valence-electron chi connectivity index (χ4n) is 2.89. The fourth-order valence-corrected chi connectivity index (χ4v) is 3.79. The molecule has 1 aliphatic rings. The predicted octanol–water partition coefficient (Wildman–Crippen LogP) is 6.50. The maximum atomic E-state index is 6.25. The van der Waals surface area contributed by atoms with Gasteiger partial charge in [-0.25, -0.2) is 4.99 Å². The van der Waals surface area contributed by atoms with Crippen LogP contribution in [0.5, 0.6) is 17.2 Å². The molecule has 4 rings (SSSR count). The summed E-state index contributed by atoms with van der Waals surface area (Å²) >= 11 is 7.75. The highest BCUT2D eigenvalue weighted by molar-refractivity contribution is 7.98. The molecule has 1 aliphatic heterocycles. The van der Waals surface area contributed by atoms with Crippen molar-refractivity contribution in [2.75, 3.05) is 11.9 Å². The van der Waals surface area contributed by atoms with Gasteiger partial charge < -0.3 is 14.8 Å². The molecule has 0 spiro atoms. The molecular formula is C23H22ClN3O2S. The van der Waals surface area contributed by atoms with E-state index >= 15 is 0 Å². The standard InChI is InChI=1S/C23H22ClN3O2S/c1-2-13-28-17-8-5-7-16(14-17)15-25-23-26-22-20(11-6-12-21(22)30-27-23)29-19-10-4-3-9-18(19)24/h3-12,14H,2,13,15H2,1H3,(H2,25,26,27). The van der Waals surface area contributed by atoms with Gasteiger partial charge in [-0.1, -0.05) is 48.9 Å². The molecule has 3 aromatic rings. The largest absolute Gasteiger partial charge is 0.494 e. The minimum Gasteiger partial charge on any atom is -0.494 e. The second kappa shape index (κ2) is 9.78. The van der Waals surface area contributed by atoms with Crippen molar-refractivity contribution in [3.8, 4) is 17.2 Å². The van der Waals surface area contributed by atoms with Gasteiger partial charge >= 0.3 is 0 Å². The molecule has 0 aromatic heterocycles. The number of aliphatic imine (C=N–C) groups is 1. The van der Waals surface area contributed by atoms with Crippen LogP contribution in [0, 0.1) is 0 Å². The molecule has 0 saturated heterocycles. The molecule has 0 amide bonds. The van der Waals surface area contributed by atoms with Gasteiger partial charge in [0.1, 0.15) is 11.5 Å². The summed E-state index contributed by atoms with van der Waals surface area (Å²) in [5, 5.41) is 3.91. The Hall–Kier alpha value is -2.83. The van der Waals surface area contributed by atoms with Gasteiger partial charge in [-0.3, -0.25) is 4.72 Å². The molecule has 2 N–H and O–H groups in total. The average molecular weight is 440 g/mol. The van der Waals surface area contributed by atoms with Crippen LogP contribution in [0.1, 0.15) is 18.9 Å². The van der Waals surface area contributed by atoms with Crippen molar-refractivity contribution in [1.29, 1.82) is 0 Å². The molecule has 0 radical (unpaired) electrons. The molecule has 1 heterocycles. The number of ether oxygens (including phenoxy) is 2. The molecule has 0 aliphatic carbocycles. The molecule has 0 fully saturated rings. The Kier molecular flexibility index (Phi) is 6.67. The summed E-state index contributed by atoms with van der Waals surface area (Å²) in [4.78, 5) is 5.70. The Bertz CT molecular complexity index is 1060. The van der Waals surface area contributed by atoms with Crippen molar-refractivity contribution in [2.24, 2.45) is 4.99 Å². The van der Waals surface area contributed by atoms with E-state index in [0.29, 0.717) is 35.6 Å². The highest BCUT2D eigenvalue weighted by Gasteiger charge is 2.19. The SMILES string of the molecule is CCCOc1cccc(CN=C2NSc3cccc(Oc4ccccc4Cl)c3N2)c1. The predicted molar refractivity (Wildman–Crippen MR) is 124 cm³/mol. The topological polar surface area (TPSA) is 54.9 Å². The quantitative estimate of drug-likeness (QED) is 0.411. The van der Waals surface area contributed by atoms with Crippen molar-refractivity contribution < 1.29 is 9.47 Å². The van der Waals surface area contributed by atoms with E-state index < -0.39 is 0 Å². The van der Waals surface area contributed by atoms with E-state index in [0.717, 1.165) is 28.3 Å². The van der Waals surface area contributed by atoms with Crippen LogP contribution in [0.25, 0.3) is 0 Å². The highest BCUT2D eigenvalue weighted by atomic mass is 35.5. The molecule has 30 heavy (non-hydrogen) atoms. The molecule has 0 atom stereocenters. The van der Waals surface area contributed by atoms with E-state index in [1.807, 2.05) is 60.7 Å². The summed E-state index contributed by atoms with van der Waals surface area (Å²) in [6.07, 6.45) is 0.982. The normalized spacial score (nSPS) is 13.9. The molecule has 0 unspecified atom stereocenters. The highest BCUT2D eigenvalue weighted by Crippen LogP contribution is 2.40. The third kappa shape index (κ3) is 5.01. The van der Waals surface area contributed by atoms with E-state index in [2.05, 4.69) is 22.0 Å². The second-order valence-corrected chi connectivity index (χ2v) is 7.91. The second-order valence-electron chi connectivity index (χ2n) is 6.65. The molecule has 7 heteroatoms. The third-order valence-electron chi connectivity index (χ3n) is 4.34. The number of hydrogen-bond acceptors (Lipinski definition) is 4. The third-order valence-corrected chi connectivity index (χ3v) is 5.50. The van der Waals surface area contributed by atoms with Gasteiger partial charge in [0.2, 0.25) is 5.96 Å². The van der Waals surface area contributed by atoms with Gasteiger partial charge in [-0.2, -0.15) is 0 Å². The number of anilines is 1. The molecule has 0 bridgehead atoms. The van der Waals surface area contributed by atoms with E-state index in [-0.39, 0.29) is 0 Å². The lowest BCUT2D eigenvalue weighted by Gasteiger charge is -2.23. The number of para-hydroxylation sites is 2. The average Bonchev–Trinajstić information content (AvgIpc) is 2.78. The smallest absolute Gasteiger partial charge is 0.206 e. The molecule has 3 aromatic carbocycles. The van der Waals surface area contributed by atoms with E-state index in [1.165, 1.54) is 11.9 Å². The molecule has 5 nitrogen and oxygen atoms in total. The summed E-state index contributed by atoms with van der Waals surface area (Å²) in [5.41, 5.74) is 1.94. The van der Waals surface area contributed by atoms with Gasteiger partial charge in [-0.15, -0.1) is 0 Å². The lowest BCUT2D eigenvalue weighted by molar-refractivity contribution is 0.317. The Morgan fingerprint density at radius 1 is 1.00 bits per heavy atom. The van der Waals surface area contributed by atoms with E-state index in [4.69, 9.17) is 21.1 Å². The van der Waals surface area contributed by atoms with E-state index in [9.17, 15) is 0 Å². The Morgan fingerprint density at radius 3 is 2.70 bits per heavy atom. The molecule has 154 valence electrons. The van der Waals surface area contributed by atoms with Gasteiger partial charge in [0.15, 0.2) is 5.75 Å². The maximum absolute atomic E-state index is 6.25. The number of hydrogen-bond donors (Lipinski definition) is 2. The number of benzene rings is 3. The van der Waals surface area contributed by atoms with Gasteiger partial charge in [0.25, 0.3) is 0 Å². The fraction of sp³-hybridized carbons (Fsp3) is 0.174. The van der Waals surface area contributed by atoms with Crippen LogP contribution in [0.3, 0.4) is 0 Å². The lowest BCUT2D eigenvalue weighted by atomic mass is 10.2. The minimum absolute atomic E-state index is 0.530. The zero-order valence-electron chi connectivity index (χ0n) is 16.5. The monoisotopic (exact) mass is 439 g/mol. The van der Waals surface area contributed by atoms with Crippen LogP contribution in [0.4, 0.5) is 5.69 Å². The summed E-state index contributed by atoms with van der Waals surface area (Å²) in [6, 6.07) is 21.3. The van der Waals surface area contributed by atoms with Crippen LogP contribution < -0.4 is 19.5 Å². The number of nitrogens with one attached hydrogen (secondary N) is 2. The van der Waals surface area contributed by atoms with Gasteiger partial charge in [0, 0.05) is 0 Å². The lowest BCUT2D eigenvalue weighted by Crippen LogP contribution is -2.29. The van der Waals surface area contributed by atoms with Crippen molar-refractivity contribution in [2.45, 2.75) is 24.8 Å². The Balaban J connectivity index is 1.50. The number of nitrogens with zero attached hydrogens (tertiary/aromatic N) is 1. The summed E-state index contributed by atoms with van der Waals surface area (Å²) < 4.78 is 15.0. The number of halogens is 1. The summed E-state index contributed by atoms with van der Waals surface area (Å²) in [7, 11) is 0. The Morgan fingerprint density at radius 2 is 1.83 bits per heavy atom. The minimum atomic E-state index is 0.530. The first-order chi connectivity index (χ1) is 14.7. The number of fused-ring (bicyclic) bond motifs is 1. The first-order valence-electron chi connectivity index (χ1n) is 9.74. The summed E-state index contributed by atoms with van der Waals surface area (Å²) in [6.45, 7) is 3.33. The van der Waals surface area contributed by atoms with Crippen LogP contribution in [0.2, 0.25) is 5.02 Å². The number of guanidine groups is 1. The zero-order chi connectivity index (χ0) is 20.8. The zero-order valence-corrected chi connectivity index (χ0v) is 18.1. The van der Waals surface area contributed by atoms with Crippen LogP contribution in [0.15, 0.2) is 76.6 Å². The van der Waals surface area contributed by atoms with Crippen LogP contribution in [-0.2, 0) is 6.54 Å². The van der Waals surface area contributed by atoms with Crippen LogP contribution >= 0.6 is 23.5 Å². The maximum Gasteiger partial charge on any atom is 0.206 e. The first kappa shape index (κ1) is 20.4. The van der Waals surface area contributed by atoms with Crippen molar-refractivity contribution in [3.05, 3.63) is 77.3 Å². The van der Waals surface area contributed by atoms with Gasteiger partial charge in [0.05, 0.1) is 28.8 Å². The Labute approximate surface area is 185 Å². The van der Waals surface area contributed by atoms with Crippen molar-refractivity contribution in [1.82, 2.24) is 4.72 Å². The first-order valence-corrected chi connectivity index (χ1v) is 10.9. The molecule has 0 saturated carbocycles. The van der Waals surface area contributed by atoms with Crippen molar-refractivity contribution >= 4 is 35.2 Å². The van der Waals surface area contributed by atoms with Crippen LogP contribution in [-0.4, -0.2) is 12.6 Å². The number of rotatable bonds is 7.